The van der Waals surface area contributed by atoms with Crippen molar-refractivity contribution in [2.75, 3.05) is 0 Å². The zero-order valence-electron chi connectivity index (χ0n) is 14.6. The molecule has 3 aromatic rings. The van der Waals surface area contributed by atoms with Gasteiger partial charge in [0.05, 0.1) is 5.02 Å². The molecule has 0 fully saturated rings. The van der Waals surface area contributed by atoms with Gasteiger partial charge in [0.15, 0.2) is 0 Å². The van der Waals surface area contributed by atoms with Crippen LogP contribution in [0.2, 0.25) is 5.02 Å². The van der Waals surface area contributed by atoms with E-state index in [2.05, 4.69) is 15.0 Å². The molecule has 2 aromatic heterocycles. The van der Waals surface area contributed by atoms with Crippen LogP contribution in [0.5, 0.6) is 11.6 Å². The number of nitrogens with zero attached hydrogens (tertiary/aromatic N) is 3. The Balaban J connectivity index is 1.60. The summed E-state index contributed by atoms with van der Waals surface area (Å²) < 4.78 is 5.86. The van der Waals surface area contributed by atoms with Crippen molar-refractivity contribution in [1.82, 2.24) is 15.0 Å². The zero-order chi connectivity index (χ0) is 18.4. The number of rotatable bonds is 7. The first kappa shape index (κ1) is 18.3. The second-order valence-corrected chi connectivity index (χ2v) is 6.68. The van der Waals surface area contributed by atoms with Gasteiger partial charge in [-0.15, -0.1) is 0 Å². The molecule has 5 nitrogen and oxygen atoms in total. The molecule has 0 aliphatic carbocycles. The summed E-state index contributed by atoms with van der Waals surface area (Å²) in [5, 5.41) is 0.542. The van der Waals surface area contributed by atoms with Crippen LogP contribution in [-0.2, 0) is 19.3 Å². The molecular formula is C20H21ClN4O. The number of hydrogen-bond acceptors (Lipinski definition) is 5. The van der Waals surface area contributed by atoms with Gasteiger partial charge in [-0.05, 0) is 49.1 Å². The smallest absolute Gasteiger partial charge is 0.219 e. The van der Waals surface area contributed by atoms with Crippen molar-refractivity contribution < 1.29 is 4.74 Å². The number of aromatic nitrogens is 3. The largest absolute Gasteiger partial charge is 0.439 e. The number of aryl methyl sites for hydroxylation is 2. The average Bonchev–Trinajstić information content (AvgIpc) is 2.63. The summed E-state index contributed by atoms with van der Waals surface area (Å²) in [6.07, 6.45) is 7.35. The van der Waals surface area contributed by atoms with Gasteiger partial charge in [0.1, 0.15) is 11.6 Å². The Labute approximate surface area is 158 Å². The van der Waals surface area contributed by atoms with Crippen molar-refractivity contribution in [1.29, 1.82) is 0 Å². The maximum Gasteiger partial charge on any atom is 0.219 e. The first-order valence-electron chi connectivity index (χ1n) is 8.52. The molecule has 1 unspecified atom stereocenters. The highest BCUT2D eigenvalue weighted by atomic mass is 35.5. The summed E-state index contributed by atoms with van der Waals surface area (Å²) >= 11 is 5.80. The van der Waals surface area contributed by atoms with Crippen molar-refractivity contribution in [3.8, 4) is 11.6 Å². The minimum atomic E-state index is 0.143. The van der Waals surface area contributed by atoms with E-state index in [4.69, 9.17) is 22.1 Å². The van der Waals surface area contributed by atoms with Crippen molar-refractivity contribution >= 4 is 11.6 Å². The fraction of sp³-hybridized carbons (Fsp3) is 0.250. The van der Waals surface area contributed by atoms with Crippen LogP contribution in [0.3, 0.4) is 0 Å². The fourth-order valence-electron chi connectivity index (χ4n) is 2.57. The number of ether oxygens (including phenoxy) is 1. The Morgan fingerprint density at radius 3 is 2.42 bits per heavy atom. The van der Waals surface area contributed by atoms with Gasteiger partial charge in [-0.25, -0.2) is 15.0 Å². The highest BCUT2D eigenvalue weighted by molar-refractivity contribution is 6.30. The van der Waals surface area contributed by atoms with E-state index >= 15 is 0 Å². The molecule has 0 spiro atoms. The standard InChI is InChI=1S/C20H21ClN4O/c1-14(22)10-15-2-5-18(6-3-15)26-20-11-16(8-9-23-20)4-7-19-24-12-17(21)13-25-19/h2-3,5-6,8-9,11-14H,4,7,10,22H2,1H3. The molecule has 0 bridgehead atoms. The highest BCUT2D eigenvalue weighted by Crippen LogP contribution is 2.21. The van der Waals surface area contributed by atoms with Crippen LogP contribution in [0.1, 0.15) is 23.9 Å². The molecule has 0 saturated heterocycles. The minimum absolute atomic E-state index is 0.143. The van der Waals surface area contributed by atoms with Gasteiger partial charge < -0.3 is 10.5 Å². The monoisotopic (exact) mass is 368 g/mol. The number of hydrogen-bond donors (Lipinski definition) is 1. The van der Waals surface area contributed by atoms with Gasteiger partial charge in [0.25, 0.3) is 0 Å². The van der Waals surface area contributed by atoms with Gasteiger partial charge in [-0.3, -0.25) is 0 Å². The van der Waals surface area contributed by atoms with Gasteiger partial charge in [-0.1, -0.05) is 23.7 Å². The molecule has 26 heavy (non-hydrogen) atoms. The number of benzene rings is 1. The van der Waals surface area contributed by atoms with E-state index in [0.29, 0.717) is 10.9 Å². The molecule has 0 aliphatic heterocycles. The quantitative estimate of drug-likeness (QED) is 0.682. The first-order valence-corrected chi connectivity index (χ1v) is 8.90. The second kappa shape index (κ2) is 8.74. The predicted octanol–water partition coefficient (Wildman–Crippen LogP) is 3.99. The van der Waals surface area contributed by atoms with Crippen LogP contribution in [-0.4, -0.2) is 21.0 Å². The number of nitrogens with two attached hydrogens (primary N) is 1. The third-order valence-electron chi connectivity index (χ3n) is 3.81. The Morgan fingerprint density at radius 1 is 1.00 bits per heavy atom. The average molecular weight is 369 g/mol. The lowest BCUT2D eigenvalue weighted by molar-refractivity contribution is 0.462. The molecule has 2 heterocycles. The Kier molecular flexibility index (Phi) is 6.15. The fourth-order valence-corrected chi connectivity index (χ4v) is 2.67. The van der Waals surface area contributed by atoms with Crippen LogP contribution >= 0.6 is 11.6 Å². The maximum atomic E-state index is 5.86. The van der Waals surface area contributed by atoms with Crippen molar-refractivity contribution in [3.05, 3.63) is 77.0 Å². The number of halogens is 1. The molecule has 0 aliphatic rings. The van der Waals surface area contributed by atoms with Gasteiger partial charge in [0, 0.05) is 37.1 Å². The van der Waals surface area contributed by atoms with Crippen LogP contribution in [0.25, 0.3) is 0 Å². The van der Waals surface area contributed by atoms with E-state index in [0.717, 1.165) is 36.4 Å². The molecule has 0 radical (unpaired) electrons. The highest BCUT2D eigenvalue weighted by Gasteiger charge is 2.04. The summed E-state index contributed by atoms with van der Waals surface area (Å²) in [4.78, 5) is 12.7. The Morgan fingerprint density at radius 2 is 1.73 bits per heavy atom. The van der Waals surface area contributed by atoms with E-state index in [1.807, 2.05) is 43.3 Å². The summed E-state index contributed by atoms with van der Waals surface area (Å²) in [7, 11) is 0. The summed E-state index contributed by atoms with van der Waals surface area (Å²) in [5.74, 6) is 2.09. The lowest BCUT2D eigenvalue weighted by Crippen LogP contribution is -2.17. The van der Waals surface area contributed by atoms with E-state index in [1.165, 1.54) is 5.56 Å². The van der Waals surface area contributed by atoms with Crippen LogP contribution in [0, 0.1) is 0 Å². The molecule has 3 rings (SSSR count). The van der Waals surface area contributed by atoms with E-state index in [9.17, 15) is 0 Å². The molecule has 6 heteroatoms. The number of pyridine rings is 1. The van der Waals surface area contributed by atoms with Crippen LogP contribution < -0.4 is 10.5 Å². The predicted molar refractivity (Wildman–Crippen MR) is 103 cm³/mol. The summed E-state index contributed by atoms with van der Waals surface area (Å²) in [6, 6.07) is 12.0. The SMILES string of the molecule is CC(N)Cc1ccc(Oc2cc(CCc3ncc(Cl)cn3)ccn2)cc1. The Hall–Kier alpha value is -2.50. The topological polar surface area (TPSA) is 73.9 Å². The lowest BCUT2D eigenvalue weighted by Gasteiger charge is -2.09. The molecule has 0 amide bonds. The molecule has 1 atom stereocenters. The van der Waals surface area contributed by atoms with Crippen LogP contribution in [0.4, 0.5) is 0 Å². The maximum absolute atomic E-state index is 5.86. The third kappa shape index (κ3) is 5.51. The molecule has 134 valence electrons. The second-order valence-electron chi connectivity index (χ2n) is 6.25. The van der Waals surface area contributed by atoms with Crippen LogP contribution in [0.15, 0.2) is 55.0 Å². The first-order chi connectivity index (χ1) is 12.6. The van der Waals surface area contributed by atoms with E-state index in [-0.39, 0.29) is 6.04 Å². The van der Waals surface area contributed by atoms with Gasteiger partial charge in [-0.2, -0.15) is 0 Å². The zero-order valence-corrected chi connectivity index (χ0v) is 15.4. The molecule has 2 N–H and O–H groups in total. The van der Waals surface area contributed by atoms with Crippen molar-refractivity contribution in [2.45, 2.75) is 32.2 Å². The molecular weight excluding hydrogens is 348 g/mol. The van der Waals surface area contributed by atoms with E-state index in [1.54, 1.807) is 18.6 Å². The summed E-state index contributed by atoms with van der Waals surface area (Å²) in [5.41, 5.74) is 8.13. The van der Waals surface area contributed by atoms with E-state index < -0.39 is 0 Å². The Bertz CT molecular complexity index is 835. The van der Waals surface area contributed by atoms with Gasteiger partial charge in [0.2, 0.25) is 5.88 Å². The normalized spacial score (nSPS) is 12.0. The summed E-state index contributed by atoms with van der Waals surface area (Å²) in [6.45, 7) is 1.99. The minimum Gasteiger partial charge on any atom is -0.439 e. The molecule has 1 aromatic carbocycles. The van der Waals surface area contributed by atoms with Crippen molar-refractivity contribution in [2.24, 2.45) is 5.73 Å². The third-order valence-corrected chi connectivity index (χ3v) is 4.01. The lowest BCUT2D eigenvalue weighted by atomic mass is 10.1. The van der Waals surface area contributed by atoms with Gasteiger partial charge >= 0.3 is 0 Å². The van der Waals surface area contributed by atoms with Crippen molar-refractivity contribution in [3.63, 3.8) is 0 Å². The molecule has 0 saturated carbocycles.